The summed E-state index contributed by atoms with van der Waals surface area (Å²) in [7, 11) is 0. The van der Waals surface area contributed by atoms with E-state index in [9.17, 15) is 4.79 Å². The first-order chi connectivity index (χ1) is 9.81. The Morgan fingerprint density at radius 3 is 3.15 bits per heavy atom. The first-order valence-electron chi connectivity index (χ1n) is 7.49. The first kappa shape index (κ1) is 13.6. The summed E-state index contributed by atoms with van der Waals surface area (Å²) in [6.07, 6.45) is 9.25. The van der Waals surface area contributed by atoms with Crippen molar-refractivity contribution in [2.75, 3.05) is 18.5 Å². The molecule has 0 saturated carbocycles. The van der Waals surface area contributed by atoms with Crippen molar-refractivity contribution in [3.05, 3.63) is 12.4 Å². The smallest absolute Gasteiger partial charge is 0.241 e. The third-order valence-corrected chi connectivity index (χ3v) is 3.94. The molecule has 0 radical (unpaired) electrons. The highest BCUT2D eigenvalue weighted by atomic mass is 16.5. The van der Waals surface area contributed by atoms with Crippen LogP contribution in [0.3, 0.4) is 0 Å². The van der Waals surface area contributed by atoms with Crippen LogP contribution in [-0.4, -0.2) is 41.0 Å². The number of carbonyl (C=O) groups is 1. The minimum atomic E-state index is -0.0646. The summed E-state index contributed by atoms with van der Waals surface area (Å²) in [5.41, 5.74) is 0.764. The van der Waals surface area contributed by atoms with Crippen LogP contribution in [0.1, 0.15) is 32.1 Å². The number of ether oxygens (including phenoxy) is 1. The Balaban J connectivity index is 1.52. The molecular formula is C14H22N4O2. The summed E-state index contributed by atoms with van der Waals surface area (Å²) in [5.74, 6) is 0.0429. The molecule has 1 amide bonds. The zero-order chi connectivity index (χ0) is 13.8. The van der Waals surface area contributed by atoms with Crippen LogP contribution in [0.2, 0.25) is 0 Å². The van der Waals surface area contributed by atoms with E-state index in [4.69, 9.17) is 4.74 Å². The fourth-order valence-electron chi connectivity index (χ4n) is 2.83. The molecule has 20 heavy (non-hydrogen) atoms. The van der Waals surface area contributed by atoms with Crippen molar-refractivity contribution >= 4 is 11.6 Å². The Morgan fingerprint density at radius 1 is 1.45 bits per heavy atom. The van der Waals surface area contributed by atoms with Crippen molar-refractivity contribution in [2.24, 2.45) is 0 Å². The lowest BCUT2D eigenvalue weighted by Crippen LogP contribution is -2.43. The van der Waals surface area contributed by atoms with E-state index in [0.29, 0.717) is 0 Å². The van der Waals surface area contributed by atoms with E-state index in [1.54, 1.807) is 6.20 Å². The van der Waals surface area contributed by atoms with Crippen molar-refractivity contribution in [1.82, 2.24) is 15.1 Å². The maximum absolute atomic E-state index is 12.1. The molecule has 2 aliphatic heterocycles. The van der Waals surface area contributed by atoms with E-state index in [0.717, 1.165) is 57.5 Å². The van der Waals surface area contributed by atoms with Crippen LogP contribution in [0.4, 0.5) is 5.69 Å². The molecule has 0 aromatic carbocycles. The molecule has 0 aliphatic carbocycles. The Kier molecular flexibility index (Phi) is 4.32. The first-order valence-corrected chi connectivity index (χ1v) is 7.49. The van der Waals surface area contributed by atoms with E-state index in [-0.39, 0.29) is 18.1 Å². The van der Waals surface area contributed by atoms with Gasteiger partial charge in [-0.25, -0.2) is 0 Å². The van der Waals surface area contributed by atoms with Crippen molar-refractivity contribution < 1.29 is 9.53 Å². The molecule has 6 heteroatoms. The SMILES string of the molecule is O=C(Nc1cnn(CC2CCCO2)c1)[C@H]1CCCCN1. The summed E-state index contributed by atoms with van der Waals surface area (Å²) >= 11 is 0. The molecule has 0 spiro atoms. The minimum absolute atomic E-state index is 0.0429. The Morgan fingerprint density at radius 2 is 2.40 bits per heavy atom. The highest BCUT2D eigenvalue weighted by Gasteiger charge is 2.21. The predicted octanol–water partition coefficient (Wildman–Crippen LogP) is 1.14. The molecule has 2 saturated heterocycles. The third-order valence-electron chi connectivity index (χ3n) is 3.94. The van der Waals surface area contributed by atoms with Gasteiger partial charge in [0.05, 0.1) is 30.6 Å². The zero-order valence-corrected chi connectivity index (χ0v) is 11.7. The number of piperidine rings is 1. The third kappa shape index (κ3) is 3.37. The van der Waals surface area contributed by atoms with Gasteiger partial charge in [0.2, 0.25) is 5.91 Å². The highest BCUT2D eigenvalue weighted by Crippen LogP contribution is 2.15. The average Bonchev–Trinajstić information content (AvgIpc) is 3.12. The van der Waals surface area contributed by atoms with Gasteiger partial charge < -0.3 is 15.4 Å². The number of rotatable bonds is 4. The molecular weight excluding hydrogens is 256 g/mol. The van der Waals surface area contributed by atoms with Gasteiger partial charge in [0.15, 0.2) is 0 Å². The van der Waals surface area contributed by atoms with Gasteiger partial charge in [0.25, 0.3) is 0 Å². The monoisotopic (exact) mass is 278 g/mol. The highest BCUT2D eigenvalue weighted by molar-refractivity contribution is 5.94. The van der Waals surface area contributed by atoms with E-state index in [1.165, 1.54) is 0 Å². The van der Waals surface area contributed by atoms with Crippen molar-refractivity contribution in [2.45, 2.75) is 50.8 Å². The van der Waals surface area contributed by atoms with Gasteiger partial charge in [-0.3, -0.25) is 9.48 Å². The lowest BCUT2D eigenvalue weighted by Gasteiger charge is -2.22. The topological polar surface area (TPSA) is 68.2 Å². The standard InChI is InChI=1S/C14H22N4O2/c19-14(13-5-1-2-6-15-13)17-11-8-16-18(9-11)10-12-4-3-7-20-12/h8-9,12-13,15H,1-7,10H2,(H,17,19)/t12?,13-/m1/s1. The van der Waals surface area contributed by atoms with Crippen LogP contribution in [-0.2, 0) is 16.1 Å². The molecule has 2 N–H and O–H groups in total. The fraction of sp³-hybridized carbons (Fsp3) is 0.714. The van der Waals surface area contributed by atoms with Crippen LogP contribution < -0.4 is 10.6 Å². The summed E-state index contributed by atoms with van der Waals surface area (Å²) in [6, 6.07) is -0.0646. The summed E-state index contributed by atoms with van der Waals surface area (Å²) in [4.78, 5) is 12.1. The molecule has 3 rings (SSSR count). The molecule has 0 bridgehead atoms. The number of anilines is 1. The lowest BCUT2D eigenvalue weighted by molar-refractivity contribution is -0.118. The molecule has 2 atom stereocenters. The number of hydrogen-bond donors (Lipinski definition) is 2. The van der Waals surface area contributed by atoms with Gasteiger partial charge in [-0.2, -0.15) is 5.10 Å². The van der Waals surface area contributed by atoms with Gasteiger partial charge in [-0.1, -0.05) is 6.42 Å². The molecule has 1 unspecified atom stereocenters. The number of nitrogens with zero attached hydrogens (tertiary/aromatic N) is 2. The minimum Gasteiger partial charge on any atom is -0.376 e. The van der Waals surface area contributed by atoms with Crippen LogP contribution in [0.25, 0.3) is 0 Å². The normalized spacial score (nSPS) is 26.6. The summed E-state index contributed by atoms with van der Waals surface area (Å²) < 4.78 is 7.43. The van der Waals surface area contributed by atoms with E-state index < -0.39 is 0 Å². The van der Waals surface area contributed by atoms with Crippen LogP contribution in [0.15, 0.2) is 12.4 Å². The maximum Gasteiger partial charge on any atom is 0.241 e. The quantitative estimate of drug-likeness (QED) is 0.866. The molecule has 110 valence electrons. The average molecular weight is 278 g/mol. The van der Waals surface area contributed by atoms with Gasteiger partial charge >= 0.3 is 0 Å². The van der Waals surface area contributed by atoms with Crippen LogP contribution in [0.5, 0.6) is 0 Å². The van der Waals surface area contributed by atoms with Crippen molar-refractivity contribution in [3.63, 3.8) is 0 Å². The number of aromatic nitrogens is 2. The molecule has 2 fully saturated rings. The number of nitrogens with one attached hydrogen (secondary N) is 2. The second kappa shape index (κ2) is 6.37. The fourth-order valence-corrected chi connectivity index (χ4v) is 2.83. The Bertz CT molecular complexity index is 448. The van der Waals surface area contributed by atoms with Gasteiger partial charge in [0, 0.05) is 12.8 Å². The Hall–Kier alpha value is -1.40. The molecule has 3 heterocycles. The van der Waals surface area contributed by atoms with Gasteiger partial charge in [-0.15, -0.1) is 0 Å². The largest absolute Gasteiger partial charge is 0.376 e. The van der Waals surface area contributed by atoms with Gasteiger partial charge in [0.1, 0.15) is 0 Å². The second-order valence-corrected chi connectivity index (χ2v) is 5.58. The molecule has 2 aliphatic rings. The summed E-state index contributed by atoms with van der Waals surface area (Å²) in [6.45, 7) is 2.54. The van der Waals surface area contributed by atoms with Crippen molar-refractivity contribution in [3.8, 4) is 0 Å². The molecule has 1 aromatic rings. The maximum atomic E-state index is 12.1. The van der Waals surface area contributed by atoms with E-state index in [2.05, 4.69) is 15.7 Å². The van der Waals surface area contributed by atoms with E-state index in [1.807, 2.05) is 10.9 Å². The summed E-state index contributed by atoms with van der Waals surface area (Å²) in [5, 5.41) is 10.5. The number of amides is 1. The lowest BCUT2D eigenvalue weighted by atomic mass is 10.0. The van der Waals surface area contributed by atoms with Crippen LogP contribution in [0, 0.1) is 0 Å². The molecule has 6 nitrogen and oxygen atoms in total. The van der Waals surface area contributed by atoms with Crippen molar-refractivity contribution in [1.29, 1.82) is 0 Å². The van der Waals surface area contributed by atoms with Crippen LogP contribution >= 0.6 is 0 Å². The Labute approximate surface area is 118 Å². The zero-order valence-electron chi connectivity index (χ0n) is 11.7. The number of carbonyl (C=O) groups excluding carboxylic acids is 1. The predicted molar refractivity (Wildman–Crippen MR) is 75.5 cm³/mol. The van der Waals surface area contributed by atoms with Gasteiger partial charge in [-0.05, 0) is 32.2 Å². The molecule has 1 aromatic heterocycles. The number of hydrogen-bond acceptors (Lipinski definition) is 4. The van der Waals surface area contributed by atoms with E-state index >= 15 is 0 Å². The second-order valence-electron chi connectivity index (χ2n) is 5.58.